The monoisotopic (exact) mass is 347 g/mol. The van der Waals surface area contributed by atoms with Gasteiger partial charge in [-0.25, -0.2) is 0 Å². The largest absolute Gasteiger partial charge is 0.333 e. The molecular weight excluding hydrogens is 334 g/mol. The Hall–Kier alpha value is -3.25. The molecule has 0 aliphatic carbocycles. The van der Waals surface area contributed by atoms with Crippen LogP contribution in [0, 0.1) is 0 Å². The summed E-state index contributed by atoms with van der Waals surface area (Å²) in [7, 11) is 0. The average molecular weight is 347 g/mol. The number of carbonyl (C=O) groups excluding carboxylic acids is 1. The molecule has 0 atom stereocenters. The Labute approximate surface area is 148 Å². The first-order valence-corrected chi connectivity index (χ1v) is 8.52. The highest BCUT2D eigenvalue weighted by Crippen LogP contribution is 2.33. The molecule has 0 fully saturated rings. The van der Waals surface area contributed by atoms with E-state index in [-0.39, 0.29) is 5.91 Å². The van der Waals surface area contributed by atoms with Crippen molar-refractivity contribution in [1.29, 1.82) is 0 Å². The molecule has 1 amide bonds. The fraction of sp³-hybridized carbons (Fsp3) is 0. The normalized spacial score (nSPS) is 10.6. The number of thiophene rings is 1. The second-order valence-corrected chi connectivity index (χ2v) is 6.19. The fourth-order valence-electron chi connectivity index (χ4n) is 2.38. The first-order chi connectivity index (χ1) is 12.3. The number of hydrogen-bond donors (Lipinski definition) is 1. The van der Waals surface area contributed by atoms with Gasteiger partial charge in [0.15, 0.2) is 0 Å². The molecule has 0 bridgehead atoms. The molecule has 0 unspecified atom stereocenters. The summed E-state index contributed by atoms with van der Waals surface area (Å²) in [4.78, 5) is 17.5. The number of hydrogen-bond acceptors (Lipinski definition) is 5. The van der Waals surface area contributed by atoms with Crippen molar-refractivity contribution in [1.82, 2.24) is 10.1 Å². The van der Waals surface area contributed by atoms with Crippen LogP contribution in [0.5, 0.6) is 0 Å². The number of anilines is 1. The minimum atomic E-state index is -0.178. The van der Waals surface area contributed by atoms with Gasteiger partial charge < -0.3 is 9.84 Å². The summed E-state index contributed by atoms with van der Waals surface area (Å²) in [6, 6.07) is 20.5. The molecular formula is C19H13N3O2S. The van der Waals surface area contributed by atoms with Gasteiger partial charge in [-0.1, -0.05) is 53.7 Å². The third-order valence-electron chi connectivity index (χ3n) is 3.60. The first-order valence-electron chi connectivity index (χ1n) is 7.64. The molecule has 0 radical (unpaired) electrons. The van der Waals surface area contributed by atoms with Crippen LogP contribution in [-0.4, -0.2) is 16.0 Å². The molecule has 1 N–H and O–H groups in total. The highest BCUT2D eigenvalue weighted by atomic mass is 32.1. The van der Waals surface area contributed by atoms with E-state index in [2.05, 4.69) is 15.5 Å². The number of aromatic nitrogens is 2. The fourth-order valence-corrected chi connectivity index (χ4v) is 3.15. The van der Waals surface area contributed by atoms with Gasteiger partial charge in [-0.05, 0) is 23.6 Å². The van der Waals surface area contributed by atoms with Gasteiger partial charge in [-0.3, -0.25) is 4.79 Å². The summed E-state index contributed by atoms with van der Waals surface area (Å²) in [5.41, 5.74) is 2.13. The zero-order valence-corrected chi connectivity index (χ0v) is 13.9. The van der Waals surface area contributed by atoms with E-state index in [1.165, 1.54) is 11.3 Å². The SMILES string of the molecule is O=C(Nc1ccsc1-c1nc(-c2ccccc2)no1)c1ccccc1. The molecule has 2 aromatic carbocycles. The molecule has 4 rings (SSSR count). The third-order valence-corrected chi connectivity index (χ3v) is 4.50. The van der Waals surface area contributed by atoms with Crippen LogP contribution in [0.3, 0.4) is 0 Å². The summed E-state index contributed by atoms with van der Waals surface area (Å²) in [5.74, 6) is 0.726. The summed E-state index contributed by atoms with van der Waals surface area (Å²) >= 11 is 1.44. The Balaban J connectivity index is 1.60. The van der Waals surface area contributed by atoms with Crippen LogP contribution in [0.25, 0.3) is 22.2 Å². The Morgan fingerprint density at radius 3 is 2.44 bits per heavy atom. The molecule has 4 aromatic rings. The number of nitrogens with one attached hydrogen (secondary N) is 1. The molecule has 0 saturated carbocycles. The number of benzene rings is 2. The summed E-state index contributed by atoms with van der Waals surface area (Å²) < 4.78 is 5.39. The lowest BCUT2D eigenvalue weighted by molar-refractivity contribution is 0.102. The first kappa shape index (κ1) is 15.3. The van der Waals surface area contributed by atoms with Crippen LogP contribution in [0.2, 0.25) is 0 Å². The lowest BCUT2D eigenvalue weighted by Crippen LogP contribution is -2.11. The van der Waals surface area contributed by atoms with Crippen molar-refractivity contribution in [2.75, 3.05) is 5.32 Å². The number of amides is 1. The molecule has 2 heterocycles. The number of rotatable bonds is 4. The van der Waals surface area contributed by atoms with Crippen molar-refractivity contribution in [2.45, 2.75) is 0 Å². The molecule has 0 aliphatic heterocycles. The quantitative estimate of drug-likeness (QED) is 0.580. The van der Waals surface area contributed by atoms with Crippen LogP contribution in [0.1, 0.15) is 10.4 Å². The van der Waals surface area contributed by atoms with Gasteiger partial charge in [0, 0.05) is 11.1 Å². The summed E-state index contributed by atoms with van der Waals surface area (Å²) in [6.45, 7) is 0. The molecule has 0 aliphatic rings. The van der Waals surface area contributed by atoms with Crippen molar-refractivity contribution in [3.63, 3.8) is 0 Å². The zero-order valence-electron chi connectivity index (χ0n) is 13.0. The van der Waals surface area contributed by atoms with E-state index >= 15 is 0 Å². The lowest BCUT2D eigenvalue weighted by atomic mass is 10.2. The van der Waals surface area contributed by atoms with E-state index < -0.39 is 0 Å². The van der Waals surface area contributed by atoms with Gasteiger partial charge in [-0.2, -0.15) is 4.98 Å². The Bertz CT molecular complexity index is 994. The second kappa shape index (κ2) is 6.70. The minimum absolute atomic E-state index is 0.178. The third kappa shape index (κ3) is 3.20. The van der Waals surface area contributed by atoms with E-state index in [9.17, 15) is 4.79 Å². The average Bonchev–Trinajstić information content (AvgIpc) is 3.32. The van der Waals surface area contributed by atoms with Crippen LogP contribution in [-0.2, 0) is 0 Å². The van der Waals surface area contributed by atoms with Gasteiger partial charge in [0.25, 0.3) is 11.8 Å². The Kier molecular flexibility index (Phi) is 4.10. The van der Waals surface area contributed by atoms with E-state index in [0.29, 0.717) is 23.0 Å². The van der Waals surface area contributed by atoms with Crippen molar-refractivity contribution in [3.8, 4) is 22.2 Å². The molecule has 0 spiro atoms. The van der Waals surface area contributed by atoms with Crippen molar-refractivity contribution >= 4 is 22.9 Å². The molecule has 6 heteroatoms. The van der Waals surface area contributed by atoms with Crippen molar-refractivity contribution in [3.05, 3.63) is 77.7 Å². The topological polar surface area (TPSA) is 68.0 Å². The highest BCUT2D eigenvalue weighted by molar-refractivity contribution is 7.14. The highest BCUT2D eigenvalue weighted by Gasteiger charge is 2.17. The molecule has 25 heavy (non-hydrogen) atoms. The molecule has 5 nitrogen and oxygen atoms in total. The summed E-state index contributed by atoms with van der Waals surface area (Å²) in [6.07, 6.45) is 0. The van der Waals surface area contributed by atoms with Crippen molar-refractivity contribution in [2.24, 2.45) is 0 Å². The molecule has 0 saturated heterocycles. The van der Waals surface area contributed by atoms with E-state index in [1.807, 2.05) is 60.0 Å². The maximum absolute atomic E-state index is 12.3. The number of nitrogens with zero attached hydrogens (tertiary/aromatic N) is 2. The zero-order chi connectivity index (χ0) is 17.1. The second-order valence-electron chi connectivity index (χ2n) is 5.27. The van der Waals surface area contributed by atoms with Crippen LogP contribution in [0.4, 0.5) is 5.69 Å². The van der Waals surface area contributed by atoms with Gasteiger partial charge in [0.2, 0.25) is 5.82 Å². The van der Waals surface area contributed by atoms with Gasteiger partial charge in [0.05, 0.1) is 5.69 Å². The van der Waals surface area contributed by atoms with Crippen LogP contribution >= 0.6 is 11.3 Å². The van der Waals surface area contributed by atoms with E-state index in [0.717, 1.165) is 10.4 Å². The maximum atomic E-state index is 12.3. The van der Waals surface area contributed by atoms with E-state index in [4.69, 9.17) is 4.52 Å². The smallest absolute Gasteiger partial charge is 0.270 e. The standard InChI is InChI=1S/C19H13N3O2S/c23-18(14-9-5-2-6-10-14)20-15-11-12-25-16(15)19-21-17(22-24-19)13-7-3-1-4-8-13/h1-12H,(H,20,23). The van der Waals surface area contributed by atoms with E-state index in [1.54, 1.807) is 12.1 Å². The lowest BCUT2D eigenvalue weighted by Gasteiger charge is -2.04. The van der Waals surface area contributed by atoms with Gasteiger partial charge in [0.1, 0.15) is 4.88 Å². The molecule has 122 valence electrons. The Morgan fingerprint density at radius 2 is 1.68 bits per heavy atom. The Morgan fingerprint density at radius 1 is 0.960 bits per heavy atom. The van der Waals surface area contributed by atoms with Crippen LogP contribution in [0.15, 0.2) is 76.6 Å². The molecule has 2 aromatic heterocycles. The predicted octanol–water partition coefficient (Wildman–Crippen LogP) is 4.72. The van der Waals surface area contributed by atoms with Crippen molar-refractivity contribution < 1.29 is 9.32 Å². The maximum Gasteiger partial charge on any atom is 0.270 e. The van der Waals surface area contributed by atoms with Gasteiger partial charge in [-0.15, -0.1) is 11.3 Å². The number of carbonyl (C=O) groups is 1. The van der Waals surface area contributed by atoms with Gasteiger partial charge >= 0.3 is 0 Å². The summed E-state index contributed by atoms with van der Waals surface area (Å²) in [5, 5.41) is 8.80. The minimum Gasteiger partial charge on any atom is -0.333 e. The van der Waals surface area contributed by atoms with Crippen LogP contribution < -0.4 is 5.32 Å². The predicted molar refractivity (Wildman–Crippen MR) is 97.4 cm³/mol.